The first-order chi connectivity index (χ1) is 14.1. The van der Waals surface area contributed by atoms with E-state index in [2.05, 4.69) is 16.3 Å². The number of piperidine rings is 1. The number of carboxylic acid groups (broad SMARTS) is 1. The fourth-order valence-electron chi connectivity index (χ4n) is 3.94. The molecule has 3 atom stereocenters. The Morgan fingerprint density at radius 3 is 2.53 bits per heavy atom. The van der Waals surface area contributed by atoms with Gasteiger partial charge in [-0.15, -0.1) is 0 Å². The molecule has 2 N–H and O–H groups in total. The molecule has 1 saturated carbocycles. The Hall–Kier alpha value is -2.07. The van der Waals surface area contributed by atoms with Gasteiger partial charge in [-0.2, -0.15) is 13.2 Å². The summed E-state index contributed by atoms with van der Waals surface area (Å²) in [5, 5.41) is 10.2. The van der Waals surface area contributed by atoms with Gasteiger partial charge in [0.25, 0.3) is 0 Å². The first-order valence-electron chi connectivity index (χ1n) is 10.1. The molecular formula is C20H27F3N2O5. The van der Waals surface area contributed by atoms with Crippen molar-refractivity contribution < 1.29 is 37.0 Å². The number of alkyl halides is 3. The number of hydrogen-bond donors (Lipinski definition) is 2. The van der Waals surface area contributed by atoms with E-state index in [1.54, 1.807) is 0 Å². The van der Waals surface area contributed by atoms with E-state index in [9.17, 15) is 18.0 Å². The van der Waals surface area contributed by atoms with Gasteiger partial charge in [0.2, 0.25) is 5.91 Å². The number of furan rings is 1. The topological polar surface area (TPSA) is 92.0 Å². The minimum absolute atomic E-state index is 0.170. The standard InChI is InChI=1S/C18H26N2O3.C2HF3O2/c1-12-2-5-15(23-12)9-20-7-6-14-11-22-17(16(14)10-20)8-19-18(21)13-3-4-13;3-2(4,5)1(6)7/h2,5,13-14,16-17H,3-4,6-11H2,1H3,(H,19,21);(H,6,7)/t14-,16-,17+;/m0./s1. The van der Waals surface area contributed by atoms with Crippen LogP contribution in [0.4, 0.5) is 13.2 Å². The highest BCUT2D eigenvalue weighted by atomic mass is 19.4. The zero-order valence-corrected chi connectivity index (χ0v) is 16.8. The van der Waals surface area contributed by atoms with Crippen LogP contribution in [0.2, 0.25) is 0 Å². The summed E-state index contributed by atoms with van der Waals surface area (Å²) in [4.78, 5) is 23.2. The Morgan fingerprint density at radius 1 is 1.27 bits per heavy atom. The number of carbonyl (C=O) groups excluding carboxylic acids is 1. The molecule has 1 amide bonds. The largest absolute Gasteiger partial charge is 0.490 e. The van der Waals surface area contributed by atoms with Crippen LogP contribution in [0, 0.1) is 24.7 Å². The molecule has 10 heteroatoms. The van der Waals surface area contributed by atoms with Gasteiger partial charge in [0.1, 0.15) is 11.5 Å². The average molecular weight is 432 g/mol. The molecule has 0 spiro atoms. The second-order valence-electron chi connectivity index (χ2n) is 8.15. The molecule has 2 saturated heterocycles. The van der Waals surface area contributed by atoms with Gasteiger partial charge in [0.05, 0.1) is 19.3 Å². The molecule has 30 heavy (non-hydrogen) atoms. The van der Waals surface area contributed by atoms with Gasteiger partial charge in [0.15, 0.2) is 0 Å². The SMILES string of the molecule is Cc1ccc(CN2CC[C@H]3CO[C@H](CNC(=O)C4CC4)[C@H]3C2)o1.O=C(O)C(F)(F)F. The lowest BCUT2D eigenvalue weighted by atomic mass is 9.84. The van der Waals surface area contributed by atoms with Crippen molar-refractivity contribution >= 4 is 11.9 Å². The fourth-order valence-corrected chi connectivity index (χ4v) is 3.94. The third-order valence-electron chi connectivity index (χ3n) is 5.74. The van der Waals surface area contributed by atoms with Crippen molar-refractivity contribution in [3.8, 4) is 0 Å². The molecule has 4 rings (SSSR count). The van der Waals surface area contributed by atoms with Crippen molar-refractivity contribution in [1.29, 1.82) is 0 Å². The minimum atomic E-state index is -5.08. The van der Waals surface area contributed by atoms with Crippen LogP contribution >= 0.6 is 0 Å². The second-order valence-corrected chi connectivity index (χ2v) is 8.15. The molecule has 1 aromatic heterocycles. The van der Waals surface area contributed by atoms with Crippen LogP contribution in [0.15, 0.2) is 16.5 Å². The highest BCUT2D eigenvalue weighted by Crippen LogP contribution is 2.35. The summed E-state index contributed by atoms with van der Waals surface area (Å²) in [6, 6.07) is 4.09. The maximum atomic E-state index is 11.8. The summed E-state index contributed by atoms with van der Waals surface area (Å²) in [5.74, 6) is 0.922. The molecule has 2 aliphatic heterocycles. The van der Waals surface area contributed by atoms with Crippen molar-refractivity contribution in [2.75, 3.05) is 26.2 Å². The Balaban J connectivity index is 0.000000318. The predicted octanol–water partition coefficient (Wildman–Crippen LogP) is 2.58. The van der Waals surface area contributed by atoms with Gasteiger partial charge in [-0.05, 0) is 50.8 Å². The normalized spacial score (nSPS) is 26.5. The summed E-state index contributed by atoms with van der Waals surface area (Å²) in [5.41, 5.74) is 0. The van der Waals surface area contributed by atoms with E-state index < -0.39 is 12.1 Å². The van der Waals surface area contributed by atoms with Crippen molar-refractivity contribution in [3.63, 3.8) is 0 Å². The maximum absolute atomic E-state index is 11.8. The number of rotatable bonds is 5. The third-order valence-corrected chi connectivity index (χ3v) is 5.74. The van der Waals surface area contributed by atoms with Crippen LogP contribution in [0.1, 0.15) is 30.8 Å². The number of aliphatic carboxylic acids is 1. The Labute approximate surface area is 172 Å². The average Bonchev–Trinajstić information content (AvgIpc) is 3.34. The molecule has 0 aromatic carbocycles. The Bertz CT molecular complexity index is 747. The van der Waals surface area contributed by atoms with E-state index in [0.717, 1.165) is 50.6 Å². The van der Waals surface area contributed by atoms with E-state index in [0.29, 0.717) is 18.4 Å². The Morgan fingerprint density at radius 2 is 1.97 bits per heavy atom. The number of ether oxygens (including phenoxy) is 1. The van der Waals surface area contributed by atoms with Crippen LogP contribution in [-0.2, 0) is 20.9 Å². The lowest BCUT2D eigenvalue weighted by molar-refractivity contribution is -0.192. The summed E-state index contributed by atoms with van der Waals surface area (Å²) < 4.78 is 43.4. The van der Waals surface area contributed by atoms with Gasteiger partial charge in [-0.25, -0.2) is 4.79 Å². The number of aryl methyl sites for hydroxylation is 1. The molecule has 1 aliphatic carbocycles. The van der Waals surface area contributed by atoms with E-state index in [1.165, 1.54) is 6.42 Å². The number of nitrogens with zero attached hydrogens (tertiary/aromatic N) is 1. The molecule has 3 aliphatic rings. The summed E-state index contributed by atoms with van der Waals surface area (Å²) in [6.07, 6.45) is -1.62. The minimum Gasteiger partial charge on any atom is -0.475 e. The van der Waals surface area contributed by atoms with Gasteiger partial charge < -0.3 is 19.6 Å². The molecule has 3 heterocycles. The molecule has 0 radical (unpaired) electrons. The summed E-state index contributed by atoms with van der Waals surface area (Å²) >= 11 is 0. The van der Waals surface area contributed by atoms with Crippen LogP contribution in [-0.4, -0.2) is 60.4 Å². The molecule has 1 aromatic rings. The number of nitrogens with one attached hydrogen (secondary N) is 1. The lowest BCUT2D eigenvalue weighted by Gasteiger charge is -2.35. The van der Waals surface area contributed by atoms with Gasteiger partial charge >= 0.3 is 12.1 Å². The molecule has 7 nitrogen and oxygen atoms in total. The van der Waals surface area contributed by atoms with Crippen LogP contribution in [0.5, 0.6) is 0 Å². The summed E-state index contributed by atoms with van der Waals surface area (Å²) in [7, 11) is 0. The number of fused-ring (bicyclic) bond motifs is 1. The third kappa shape index (κ3) is 6.21. The number of likely N-dealkylation sites (tertiary alicyclic amines) is 1. The first-order valence-corrected chi connectivity index (χ1v) is 10.1. The van der Waals surface area contributed by atoms with Crippen molar-refractivity contribution in [1.82, 2.24) is 10.2 Å². The monoisotopic (exact) mass is 432 g/mol. The fraction of sp³-hybridized carbons (Fsp3) is 0.700. The molecular weight excluding hydrogens is 405 g/mol. The van der Waals surface area contributed by atoms with E-state index in [4.69, 9.17) is 19.1 Å². The van der Waals surface area contributed by atoms with Crippen molar-refractivity contribution in [3.05, 3.63) is 23.7 Å². The van der Waals surface area contributed by atoms with Crippen LogP contribution in [0.3, 0.4) is 0 Å². The molecule has 168 valence electrons. The highest BCUT2D eigenvalue weighted by molar-refractivity contribution is 5.80. The number of halogens is 3. The van der Waals surface area contributed by atoms with E-state index >= 15 is 0 Å². The number of hydrogen-bond acceptors (Lipinski definition) is 5. The van der Waals surface area contributed by atoms with Gasteiger partial charge in [0, 0.05) is 24.9 Å². The van der Waals surface area contributed by atoms with Gasteiger partial charge in [-0.3, -0.25) is 9.69 Å². The van der Waals surface area contributed by atoms with Crippen LogP contribution < -0.4 is 5.32 Å². The van der Waals surface area contributed by atoms with E-state index in [1.807, 2.05) is 13.0 Å². The number of carbonyl (C=O) groups is 2. The molecule has 0 bridgehead atoms. The van der Waals surface area contributed by atoms with Crippen LogP contribution in [0.25, 0.3) is 0 Å². The Kier molecular flexibility index (Phi) is 7.07. The lowest BCUT2D eigenvalue weighted by Crippen LogP contribution is -2.45. The zero-order chi connectivity index (χ0) is 21.9. The van der Waals surface area contributed by atoms with Crippen molar-refractivity contribution in [2.45, 2.75) is 45.0 Å². The van der Waals surface area contributed by atoms with Crippen molar-refractivity contribution in [2.24, 2.45) is 17.8 Å². The summed E-state index contributed by atoms with van der Waals surface area (Å²) in [6.45, 7) is 6.52. The number of carboxylic acids is 1. The smallest absolute Gasteiger partial charge is 0.475 e. The predicted molar refractivity (Wildman–Crippen MR) is 99.5 cm³/mol. The second kappa shape index (κ2) is 9.38. The quantitative estimate of drug-likeness (QED) is 0.743. The maximum Gasteiger partial charge on any atom is 0.490 e. The molecule has 3 fully saturated rings. The number of amides is 1. The van der Waals surface area contributed by atoms with Gasteiger partial charge in [-0.1, -0.05) is 0 Å². The first kappa shape index (κ1) is 22.6. The molecule has 0 unspecified atom stereocenters. The zero-order valence-electron chi connectivity index (χ0n) is 16.8. The highest BCUT2D eigenvalue weighted by Gasteiger charge is 2.41. The van der Waals surface area contributed by atoms with E-state index in [-0.39, 0.29) is 17.9 Å².